The Balaban J connectivity index is 1.35. The molecule has 5 nitrogen and oxygen atoms in total. The molecule has 0 unspecified atom stereocenters. The molecule has 26 heavy (non-hydrogen) atoms. The number of aromatic amines is 1. The molecule has 1 aliphatic heterocycles. The summed E-state index contributed by atoms with van der Waals surface area (Å²) in [6.45, 7) is 1.98. The van der Waals surface area contributed by atoms with Crippen molar-refractivity contribution >= 4 is 22.7 Å². The van der Waals surface area contributed by atoms with Crippen LogP contribution in [0.5, 0.6) is 0 Å². The Morgan fingerprint density at radius 1 is 1.08 bits per heavy atom. The first kappa shape index (κ1) is 16.4. The largest absolute Gasteiger partial charge is 0.351 e. The fourth-order valence-electron chi connectivity index (χ4n) is 3.33. The van der Waals surface area contributed by atoms with Crippen molar-refractivity contribution in [3.8, 4) is 0 Å². The fourth-order valence-corrected chi connectivity index (χ4v) is 3.33. The van der Waals surface area contributed by atoms with Crippen molar-refractivity contribution in [1.82, 2.24) is 15.2 Å². The van der Waals surface area contributed by atoms with E-state index in [1.54, 1.807) is 0 Å². The van der Waals surface area contributed by atoms with Gasteiger partial charge in [0, 0.05) is 37.0 Å². The zero-order valence-corrected chi connectivity index (χ0v) is 14.5. The molecule has 0 saturated carbocycles. The van der Waals surface area contributed by atoms with Crippen LogP contribution in [0, 0.1) is 0 Å². The molecule has 2 amide bonds. The van der Waals surface area contributed by atoms with Crippen LogP contribution in [0.15, 0.2) is 54.6 Å². The molecule has 0 aliphatic carbocycles. The van der Waals surface area contributed by atoms with Crippen LogP contribution in [0.4, 0.5) is 0 Å². The summed E-state index contributed by atoms with van der Waals surface area (Å²) in [6, 6.07) is 17.7. The number of fused-ring (bicyclic) bond motifs is 1. The summed E-state index contributed by atoms with van der Waals surface area (Å²) in [5, 5.41) is 3.97. The van der Waals surface area contributed by atoms with Gasteiger partial charge in [0.25, 0.3) is 5.91 Å². The molecule has 0 radical (unpaired) electrons. The normalized spacial score (nSPS) is 14.2. The van der Waals surface area contributed by atoms with Gasteiger partial charge in [-0.2, -0.15) is 0 Å². The number of aromatic nitrogens is 1. The lowest BCUT2D eigenvalue weighted by atomic mass is 10.1. The number of benzene rings is 2. The van der Waals surface area contributed by atoms with E-state index in [2.05, 4.69) is 10.3 Å². The highest BCUT2D eigenvalue weighted by Gasteiger charge is 2.19. The first-order valence-corrected chi connectivity index (χ1v) is 8.90. The van der Waals surface area contributed by atoms with E-state index in [9.17, 15) is 9.59 Å². The molecule has 1 aromatic heterocycles. The van der Waals surface area contributed by atoms with Crippen molar-refractivity contribution in [3.05, 3.63) is 71.4 Å². The van der Waals surface area contributed by atoms with E-state index in [0.29, 0.717) is 25.2 Å². The molecule has 0 spiro atoms. The third kappa shape index (κ3) is 3.47. The molecule has 1 fully saturated rings. The maximum absolute atomic E-state index is 12.3. The molecule has 2 aromatic carbocycles. The Hall–Kier alpha value is -3.08. The lowest BCUT2D eigenvalue weighted by Gasteiger charge is -2.15. The summed E-state index contributed by atoms with van der Waals surface area (Å²) >= 11 is 0. The summed E-state index contributed by atoms with van der Waals surface area (Å²) < 4.78 is 0. The number of amides is 2. The predicted molar refractivity (Wildman–Crippen MR) is 101 cm³/mol. The van der Waals surface area contributed by atoms with Crippen molar-refractivity contribution < 1.29 is 9.59 Å². The second-order valence-electron chi connectivity index (χ2n) is 6.69. The van der Waals surface area contributed by atoms with E-state index < -0.39 is 0 Å². The molecule has 1 aliphatic rings. The van der Waals surface area contributed by atoms with Gasteiger partial charge in [-0.25, -0.2) is 0 Å². The molecule has 5 heteroatoms. The number of para-hydroxylation sites is 1. The van der Waals surface area contributed by atoms with Crippen LogP contribution in [-0.2, 0) is 17.9 Å². The van der Waals surface area contributed by atoms with E-state index in [1.165, 1.54) is 0 Å². The maximum atomic E-state index is 12.3. The van der Waals surface area contributed by atoms with Crippen LogP contribution in [0.1, 0.15) is 34.5 Å². The fraction of sp³-hybridized carbons (Fsp3) is 0.238. The second kappa shape index (κ2) is 7.04. The number of nitrogens with one attached hydrogen (secondary N) is 2. The average molecular weight is 347 g/mol. The van der Waals surface area contributed by atoms with Gasteiger partial charge in [-0.1, -0.05) is 42.5 Å². The Kier molecular flexibility index (Phi) is 4.44. The Bertz CT molecular complexity index is 910. The van der Waals surface area contributed by atoms with Crippen LogP contribution in [0.3, 0.4) is 0 Å². The molecule has 2 N–H and O–H groups in total. The SMILES string of the molecule is O=C(NCc1ccc(CN2CCCC2=O)cc1)c1cc2ccccc2[nH]1. The molecule has 0 bridgehead atoms. The van der Waals surface area contributed by atoms with E-state index in [4.69, 9.17) is 0 Å². The summed E-state index contributed by atoms with van der Waals surface area (Å²) in [6.07, 6.45) is 1.62. The zero-order valence-electron chi connectivity index (χ0n) is 14.5. The topological polar surface area (TPSA) is 65.2 Å². The number of nitrogens with zero attached hydrogens (tertiary/aromatic N) is 1. The van der Waals surface area contributed by atoms with Gasteiger partial charge in [0.2, 0.25) is 5.91 Å². The standard InChI is InChI=1S/C21H21N3O2/c25-20-6-3-11-24(20)14-16-9-7-15(8-10-16)13-22-21(26)19-12-17-4-1-2-5-18(17)23-19/h1-2,4-5,7-10,12,23H,3,6,11,13-14H2,(H,22,26). The maximum Gasteiger partial charge on any atom is 0.267 e. The Labute approximate surface area is 152 Å². The highest BCUT2D eigenvalue weighted by molar-refractivity contribution is 5.97. The molecular weight excluding hydrogens is 326 g/mol. The van der Waals surface area contributed by atoms with Crippen molar-refractivity contribution in [2.75, 3.05) is 6.54 Å². The highest BCUT2D eigenvalue weighted by Crippen LogP contribution is 2.16. The highest BCUT2D eigenvalue weighted by atomic mass is 16.2. The van der Waals surface area contributed by atoms with Gasteiger partial charge in [0.05, 0.1) is 0 Å². The summed E-state index contributed by atoms with van der Waals surface area (Å²) in [4.78, 5) is 29.1. The number of hydrogen-bond donors (Lipinski definition) is 2. The summed E-state index contributed by atoms with van der Waals surface area (Å²) in [5.74, 6) is 0.118. The van der Waals surface area contributed by atoms with Crippen molar-refractivity contribution in [2.45, 2.75) is 25.9 Å². The van der Waals surface area contributed by atoms with Gasteiger partial charge >= 0.3 is 0 Å². The van der Waals surface area contributed by atoms with E-state index in [1.807, 2.05) is 59.5 Å². The monoisotopic (exact) mass is 347 g/mol. The Morgan fingerprint density at radius 2 is 1.85 bits per heavy atom. The molecule has 2 heterocycles. The van der Waals surface area contributed by atoms with Gasteiger partial charge in [-0.05, 0) is 29.7 Å². The lowest BCUT2D eigenvalue weighted by Crippen LogP contribution is -2.24. The molecule has 3 aromatic rings. The zero-order chi connectivity index (χ0) is 17.9. The lowest BCUT2D eigenvalue weighted by molar-refractivity contribution is -0.128. The van der Waals surface area contributed by atoms with Crippen LogP contribution in [-0.4, -0.2) is 28.2 Å². The van der Waals surface area contributed by atoms with Crippen molar-refractivity contribution in [3.63, 3.8) is 0 Å². The number of H-pyrrole nitrogens is 1. The average Bonchev–Trinajstić information content (AvgIpc) is 3.27. The third-order valence-electron chi connectivity index (χ3n) is 4.80. The third-order valence-corrected chi connectivity index (χ3v) is 4.80. The number of likely N-dealkylation sites (tertiary alicyclic amines) is 1. The van der Waals surface area contributed by atoms with E-state index in [-0.39, 0.29) is 11.8 Å². The van der Waals surface area contributed by atoms with Gasteiger partial charge in [0.1, 0.15) is 5.69 Å². The van der Waals surface area contributed by atoms with Crippen LogP contribution >= 0.6 is 0 Å². The minimum Gasteiger partial charge on any atom is -0.351 e. The van der Waals surface area contributed by atoms with Gasteiger partial charge in [0.15, 0.2) is 0 Å². The number of hydrogen-bond acceptors (Lipinski definition) is 2. The minimum atomic E-state index is -0.118. The van der Waals surface area contributed by atoms with Crippen LogP contribution < -0.4 is 5.32 Å². The summed E-state index contributed by atoms with van der Waals surface area (Å²) in [7, 11) is 0. The molecule has 132 valence electrons. The number of carbonyl (C=O) groups is 2. The van der Waals surface area contributed by atoms with E-state index in [0.717, 1.165) is 35.0 Å². The Morgan fingerprint density at radius 3 is 2.58 bits per heavy atom. The van der Waals surface area contributed by atoms with Crippen LogP contribution in [0.2, 0.25) is 0 Å². The first-order chi connectivity index (χ1) is 12.7. The minimum absolute atomic E-state index is 0.118. The molecule has 1 saturated heterocycles. The van der Waals surface area contributed by atoms with Crippen molar-refractivity contribution in [1.29, 1.82) is 0 Å². The van der Waals surface area contributed by atoms with Crippen molar-refractivity contribution in [2.24, 2.45) is 0 Å². The predicted octanol–water partition coefficient (Wildman–Crippen LogP) is 3.22. The number of rotatable bonds is 5. The smallest absolute Gasteiger partial charge is 0.267 e. The van der Waals surface area contributed by atoms with Gasteiger partial charge in [-0.3, -0.25) is 9.59 Å². The second-order valence-corrected chi connectivity index (χ2v) is 6.69. The molecule has 0 atom stereocenters. The van der Waals surface area contributed by atoms with E-state index >= 15 is 0 Å². The number of carbonyl (C=O) groups excluding carboxylic acids is 2. The van der Waals surface area contributed by atoms with Gasteiger partial charge < -0.3 is 15.2 Å². The molecular formula is C21H21N3O2. The summed E-state index contributed by atoms with van der Waals surface area (Å²) in [5.41, 5.74) is 3.67. The first-order valence-electron chi connectivity index (χ1n) is 8.90. The quantitative estimate of drug-likeness (QED) is 0.744. The van der Waals surface area contributed by atoms with Crippen LogP contribution in [0.25, 0.3) is 10.9 Å². The molecule has 4 rings (SSSR count). The van der Waals surface area contributed by atoms with Gasteiger partial charge in [-0.15, -0.1) is 0 Å².